The van der Waals surface area contributed by atoms with E-state index in [0.717, 1.165) is 0 Å². The summed E-state index contributed by atoms with van der Waals surface area (Å²) < 4.78 is 45.5. The number of anilines is 1. The second kappa shape index (κ2) is 12.7. The fraction of sp³-hybridized carbons (Fsp3) is 0.348. The van der Waals surface area contributed by atoms with E-state index in [1.54, 1.807) is 31.4 Å². The van der Waals surface area contributed by atoms with Crippen LogP contribution in [-0.4, -0.2) is 54.8 Å². The number of ether oxygens (including phenoxy) is 4. The molecule has 0 heterocycles. The van der Waals surface area contributed by atoms with Crippen molar-refractivity contribution in [3.8, 4) is 11.5 Å². The smallest absolute Gasteiger partial charge is 0.303 e. The van der Waals surface area contributed by atoms with Crippen molar-refractivity contribution in [2.45, 2.75) is 18.6 Å². The number of carbonyl (C=O) groups is 1. The second-order valence-electron chi connectivity index (χ2n) is 6.85. The summed E-state index contributed by atoms with van der Waals surface area (Å²) in [6, 6.07) is 10.5. The Bertz CT molecular complexity index is 1020. The van der Waals surface area contributed by atoms with Crippen molar-refractivity contribution in [1.82, 2.24) is 0 Å². The second-order valence-corrected chi connectivity index (χ2v) is 7.74. The van der Waals surface area contributed by atoms with Crippen LogP contribution in [0.4, 0.5) is 5.69 Å². The number of benzene rings is 2. The maximum Gasteiger partial charge on any atom is 0.303 e. The van der Waals surface area contributed by atoms with Crippen LogP contribution < -0.4 is 14.8 Å². The fourth-order valence-electron chi connectivity index (χ4n) is 3.33. The molecule has 0 bridgehead atoms. The van der Waals surface area contributed by atoms with E-state index in [9.17, 15) is 13.6 Å². The lowest BCUT2D eigenvalue weighted by Crippen LogP contribution is -2.09. The van der Waals surface area contributed by atoms with Gasteiger partial charge in [0.1, 0.15) is 11.5 Å². The summed E-state index contributed by atoms with van der Waals surface area (Å²) in [6.45, 7) is 0.374. The van der Waals surface area contributed by atoms with E-state index in [1.165, 1.54) is 21.3 Å². The molecule has 0 aliphatic carbocycles. The van der Waals surface area contributed by atoms with Crippen LogP contribution in [0.3, 0.4) is 0 Å². The molecule has 0 aromatic heterocycles. The van der Waals surface area contributed by atoms with Crippen LogP contribution in [0.5, 0.6) is 11.5 Å². The van der Waals surface area contributed by atoms with Gasteiger partial charge in [0.2, 0.25) is 0 Å². The molecule has 2 aromatic carbocycles. The largest absolute Gasteiger partial charge is 0.772 e. The van der Waals surface area contributed by atoms with Crippen molar-refractivity contribution in [2.75, 3.05) is 40.3 Å². The molecule has 180 valence electrons. The average molecular weight is 479 g/mol. The van der Waals surface area contributed by atoms with Crippen LogP contribution >= 0.6 is 0 Å². The summed E-state index contributed by atoms with van der Waals surface area (Å²) in [6.07, 6.45) is 0.408. The van der Waals surface area contributed by atoms with Crippen molar-refractivity contribution in [2.24, 2.45) is 0 Å². The first-order valence-corrected chi connectivity index (χ1v) is 11.3. The quantitative estimate of drug-likeness (QED) is 0.192. The molecule has 0 amide bonds. The molecule has 2 N–H and O–H groups in total. The molecule has 0 aliphatic rings. The van der Waals surface area contributed by atoms with Gasteiger partial charge in [-0.15, -0.1) is 0 Å². The molecule has 1 unspecified atom stereocenters. The Morgan fingerprint density at radius 1 is 1.00 bits per heavy atom. The number of aliphatic carboxylic acids is 1. The molecule has 2 aromatic rings. The van der Waals surface area contributed by atoms with Gasteiger partial charge in [-0.2, -0.15) is 0 Å². The maximum atomic E-state index is 11.6. The van der Waals surface area contributed by atoms with E-state index < -0.39 is 17.0 Å². The third-order valence-electron chi connectivity index (χ3n) is 4.79. The summed E-state index contributed by atoms with van der Waals surface area (Å²) in [5, 5.41) is 11.9. The van der Waals surface area contributed by atoms with Gasteiger partial charge in [0.15, 0.2) is 11.5 Å². The SMILES string of the molecule is COC(=C(OC)c1ccccc1OC)c1cc(OC)c(NCCCC(=O)O)cc1CS(=O)[O-]. The zero-order chi connectivity index (χ0) is 24.4. The van der Waals surface area contributed by atoms with Crippen LogP contribution in [0, 0.1) is 0 Å². The minimum atomic E-state index is -2.38. The summed E-state index contributed by atoms with van der Waals surface area (Å²) in [5.41, 5.74) is 2.09. The van der Waals surface area contributed by atoms with Crippen molar-refractivity contribution >= 4 is 34.3 Å². The summed E-state index contributed by atoms with van der Waals surface area (Å²) in [7, 11) is 5.98. The van der Waals surface area contributed by atoms with Gasteiger partial charge in [0, 0.05) is 24.3 Å². The first-order valence-electron chi connectivity index (χ1n) is 10.0. The molecule has 2 rings (SSSR count). The Balaban J connectivity index is 2.64. The van der Waals surface area contributed by atoms with Crippen LogP contribution in [0.2, 0.25) is 0 Å². The van der Waals surface area contributed by atoms with E-state index in [0.29, 0.717) is 58.4 Å². The molecular weight excluding hydrogens is 450 g/mol. The van der Waals surface area contributed by atoms with Crippen LogP contribution in [0.15, 0.2) is 36.4 Å². The standard InChI is InChI=1S/C23H29NO8S/c1-29-19-9-6-5-8-16(19)22(31-3)23(32-4)17-13-20(30-2)18(12-15(17)14-33(27)28)24-11-7-10-21(25)26/h5-6,8-9,12-13,24H,7,10-11,14H2,1-4H3,(H,25,26)(H,27,28)/p-1. The lowest BCUT2D eigenvalue weighted by Gasteiger charge is -2.21. The van der Waals surface area contributed by atoms with Crippen molar-refractivity contribution in [1.29, 1.82) is 0 Å². The number of hydrogen-bond donors (Lipinski definition) is 2. The average Bonchev–Trinajstić information content (AvgIpc) is 2.80. The monoisotopic (exact) mass is 478 g/mol. The van der Waals surface area contributed by atoms with Gasteiger partial charge in [0.25, 0.3) is 0 Å². The van der Waals surface area contributed by atoms with E-state index in [2.05, 4.69) is 5.32 Å². The summed E-state index contributed by atoms with van der Waals surface area (Å²) in [4.78, 5) is 10.8. The van der Waals surface area contributed by atoms with Crippen molar-refractivity contribution in [3.63, 3.8) is 0 Å². The van der Waals surface area contributed by atoms with Crippen LogP contribution in [0.1, 0.15) is 29.5 Å². The Morgan fingerprint density at radius 3 is 2.21 bits per heavy atom. The molecule has 33 heavy (non-hydrogen) atoms. The highest BCUT2D eigenvalue weighted by Gasteiger charge is 2.22. The molecule has 0 saturated heterocycles. The van der Waals surface area contributed by atoms with E-state index in [-0.39, 0.29) is 12.2 Å². The van der Waals surface area contributed by atoms with E-state index in [1.807, 2.05) is 12.1 Å². The number of methoxy groups -OCH3 is 4. The number of rotatable bonds is 13. The minimum Gasteiger partial charge on any atom is -0.772 e. The lowest BCUT2D eigenvalue weighted by atomic mass is 10.0. The van der Waals surface area contributed by atoms with Gasteiger partial charge in [-0.25, -0.2) is 0 Å². The van der Waals surface area contributed by atoms with Gasteiger partial charge < -0.3 is 33.9 Å². The number of carboxylic acid groups (broad SMARTS) is 1. The maximum absolute atomic E-state index is 11.6. The molecular formula is C23H28NO8S-. The number of nitrogens with one attached hydrogen (secondary N) is 1. The van der Waals surface area contributed by atoms with E-state index in [4.69, 9.17) is 24.1 Å². The normalized spacial score (nSPS) is 12.4. The van der Waals surface area contributed by atoms with Crippen LogP contribution in [-0.2, 0) is 31.1 Å². The summed E-state index contributed by atoms with van der Waals surface area (Å²) >= 11 is -2.38. The Kier molecular flexibility index (Phi) is 10.0. The van der Waals surface area contributed by atoms with Gasteiger partial charge in [0.05, 0.1) is 39.7 Å². The summed E-state index contributed by atoms with van der Waals surface area (Å²) in [5.74, 6) is 0.487. The Hall–Kier alpha value is -3.24. The highest BCUT2D eigenvalue weighted by Crippen LogP contribution is 2.38. The lowest BCUT2D eigenvalue weighted by molar-refractivity contribution is -0.137. The third-order valence-corrected chi connectivity index (χ3v) is 5.34. The third kappa shape index (κ3) is 6.87. The molecule has 0 saturated carbocycles. The van der Waals surface area contributed by atoms with Crippen molar-refractivity contribution < 1.29 is 37.6 Å². The molecule has 0 fully saturated rings. The van der Waals surface area contributed by atoms with Gasteiger partial charge >= 0.3 is 5.97 Å². The number of para-hydroxylation sites is 1. The van der Waals surface area contributed by atoms with Gasteiger partial charge in [-0.05, 0) is 36.2 Å². The number of hydrogen-bond acceptors (Lipinski definition) is 8. The predicted molar refractivity (Wildman–Crippen MR) is 125 cm³/mol. The Labute approximate surface area is 195 Å². The van der Waals surface area contributed by atoms with Crippen molar-refractivity contribution in [3.05, 3.63) is 53.1 Å². The first-order chi connectivity index (χ1) is 15.9. The minimum absolute atomic E-state index is 0.0114. The molecule has 0 aliphatic heterocycles. The molecule has 10 heteroatoms. The highest BCUT2D eigenvalue weighted by atomic mass is 32.2. The number of carboxylic acids is 1. The fourth-order valence-corrected chi connectivity index (χ4v) is 3.83. The van der Waals surface area contributed by atoms with Gasteiger partial charge in [-0.3, -0.25) is 9.00 Å². The van der Waals surface area contributed by atoms with Gasteiger partial charge in [-0.1, -0.05) is 23.2 Å². The predicted octanol–water partition coefficient (Wildman–Crippen LogP) is 3.48. The zero-order valence-electron chi connectivity index (χ0n) is 19.0. The molecule has 9 nitrogen and oxygen atoms in total. The first kappa shape index (κ1) is 26.0. The Morgan fingerprint density at radius 2 is 1.64 bits per heavy atom. The highest BCUT2D eigenvalue weighted by molar-refractivity contribution is 7.78. The molecule has 1 atom stereocenters. The van der Waals surface area contributed by atoms with E-state index >= 15 is 0 Å². The molecule has 0 radical (unpaired) electrons. The topological polar surface area (TPSA) is 126 Å². The van der Waals surface area contributed by atoms with Crippen LogP contribution in [0.25, 0.3) is 11.5 Å². The molecule has 0 spiro atoms. The zero-order valence-corrected chi connectivity index (χ0v) is 19.8.